The molecule has 0 aliphatic rings. The molecule has 1 aromatic heterocycles. The van der Waals surface area contributed by atoms with Gasteiger partial charge in [-0.2, -0.15) is 0 Å². The maximum absolute atomic E-state index is 12.7. The van der Waals surface area contributed by atoms with E-state index in [0.29, 0.717) is 5.69 Å². The molecule has 30 heavy (non-hydrogen) atoms. The molecule has 2 amide bonds. The lowest BCUT2D eigenvalue weighted by molar-refractivity contribution is -0.142. The topological polar surface area (TPSA) is 100 Å². The predicted octanol–water partition coefficient (Wildman–Crippen LogP) is 2.42. The number of aliphatic carboxylic acids is 1. The Labute approximate surface area is 174 Å². The zero-order valence-corrected chi connectivity index (χ0v) is 17.2. The summed E-state index contributed by atoms with van der Waals surface area (Å²) in [5.41, 5.74) is 3.23. The van der Waals surface area contributed by atoms with Crippen LogP contribution in [0.3, 0.4) is 0 Å². The summed E-state index contributed by atoms with van der Waals surface area (Å²) in [5, 5.41) is 15.6. The van der Waals surface area contributed by atoms with Crippen LogP contribution in [0.15, 0.2) is 54.6 Å². The van der Waals surface area contributed by atoms with Crippen molar-refractivity contribution in [2.45, 2.75) is 32.4 Å². The van der Waals surface area contributed by atoms with E-state index in [1.807, 2.05) is 43.3 Å². The van der Waals surface area contributed by atoms with Gasteiger partial charge in [0.25, 0.3) is 5.91 Å². The second-order valence-corrected chi connectivity index (χ2v) is 7.44. The Morgan fingerprint density at radius 2 is 1.73 bits per heavy atom. The summed E-state index contributed by atoms with van der Waals surface area (Å²) in [4.78, 5) is 36.8. The van der Waals surface area contributed by atoms with Crippen LogP contribution in [0, 0.1) is 6.92 Å². The Hall–Kier alpha value is -3.61. The monoisotopic (exact) mass is 407 g/mol. The van der Waals surface area contributed by atoms with Gasteiger partial charge in [-0.1, -0.05) is 42.0 Å². The fraction of sp³-hybridized carbons (Fsp3) is 0.261. The first kappa shape index (κ1) is 21.1. The van der Waals surface area contributed by atoms with Gasteiger partial charge in [-0.05, 0) is 37.6 Å². The molecule has 3 N–H and O–H groups in total. The smallest absolute Gasteiger partial charge is 0.326 e. The highest BCUT2D eigenvalue weighted by Gasteiger charge is 2.25. The Morgan fingerprint density at radius 3 is 2.40 bits per heavy atom. The molecular formula is C23H25N3O4. The SMILES string of the molecule is Cc1ccc2c(c1)cc(C(=O)NC(C)C(=O)NC(Cc1ccccc1)C(=O)O)n2C. The number of carbonyl (C=O) groups excluding carboxylic acids is 2. The quantitative estimate of drug-likeness (QED) is 0.560. The van der Waals surface area contributed by atoms with Crippen molar-refractivity contribution in [1.29, 1.82) is 0 Å². The van der Waals surface area contributed by atoms with Gasteiger partial charge in [-0.3, -0.25) is 9.59 Å². The third kappa shape index (κ3) is 4.68. The number of carbonyl (C=O) groups is 3. The fourth-order valence-corrected chi connectivity index (χ4v) is 3.37. The van der Waals surface area contributed by atoms with Crippen LogP contribution < -0.4 is 10.6 Å². The highest BCUT2D eigenvalue weighted by atomic mass is 16.4. The number of amides is 2. The number of aromatic nitrogens is 1. The maximum Gasteiger partial charge on any atom is 0.326 e. The van der Waals surface area contributed by atoms with Gasteiger partial charge < -0.3 is 20.3 Å². The van der Waals surface area contributed by atoms with E-state index < -0.39 is 29.9 Å². The third-order valence-corrected chi connectivity index (χ3v) is 5.07. The van der Waals surface area contributed by atoms with Crippen LogP contribution in [0.2, 0.25) is 0 Å². The summed E-state index contributed by atoms with van der Waals surface area (Å²) < 4.78 is 1.77. The molecule has 7 nitrogen and oxygen atoms in total. The van der Waals surface area contributed by atoms with Crippen LogP contribution in [0.5, 0.6) is 0 Å². The minimum Gasteiger partial charge on any atom is -0.480 e. The van der Waals surface area contributed by atoms with E-state index in [9.17, 15) is 19.5 Å². The number of fused-ring (bicyclic) bond motifs is 1. The lowest BCUT2D eigenvalue weighted by Gasteiger charge is -2.19. The number of rotatable bonds is 7. The largest absolute Gasteiger partial charge is 0.480 e. The number of nitrogens with one attached hydrogen (secondary N) is 2. The Kier molecular flexibility index (Phi) is 6.20. The Morgan fingerprint density at radius 1 is 1.03 bits per heavy atom. The second kappa shape index (κ2) is 8.82. The number of hydrogen-bond acceptors (Lipinski definition) is 3. The van der Waals surface area contributed by atoms with E-state index in [-0.39, 0.29) is 6.42 Å². The highest BCUT2D eigenvalue weighted by molar-refractivity contribution is 6.01. The first-order valence-corrected chi connectivity index (χ1v) is 9.70. The maximum atomic E-state index is 12.7. The van der Waals surface area contributed by atoms with Gasteiger partial charge >= 0.3 is 5.97 Å². The molecule has 0 radical (unpaired) electrons. The summed E-state index contributed by atoms with van der Waals surface area (Å²) >= 11 is 0. The molecule has 3 aromatic rings. The number of carboxylic acids is 1. The van der Waals surface area contributed by atoms with E-state index >= 15 is 0 Å². The molecule has 0 saturated heterocycles. The minimum atomic E-state index is -1.13. The van der Waals surface area contributed by atoms with Gasteiger partial charge in [0, 0.05) is 24.4 Å². The molecule has 1 heterocycles. The summed E-state index contributed by atoms with van der Waals surface area (Å²) in [5.74, 6) is -2.08. The normalized spacial score (nSPS) is 12.9. The lowest BCUT2D eigenvalue weighted by atomic mass is 10.1. The van der Waals surface area contributed by atoms with Crippen LogP contribution >= 0.6 is 0 Å². The molecule has 2 atom stereocenters. The average Bonchev–Trinajstić information content (AvgIpc) is 3.03. The summed E-state index contributed by atoms with van der Waals surface area (Å²) in [6.07, 6.45) is 0.158. The highest BCUT2D eigenvalue weighted by Crippen LogP contribution is 2.20. The van der Waals surface area contributed by atoms with E-state index in [1.165, 1.54) is 6.92 Å². The van der Waals surface area contributed by atoms with E-state index in [2.05, 4.69) is 10.6 Å². The van der Waals surface area contributed by atoms with Crippen LogP contribution in [-0.2, 0) is 23.1 Å². The predicted molar refractivity (Wildman–Crippen MR) is 114 cm³/mol. The van der Waals surface area contributed by atoms with E-state index in [4.69, 9.17) is 0 Å². The molecule has 2 aromatic carbocycles. The molecule has 0 bridgehead atoms. The van der Waals surface area contributed by atoms with Crippen molar-refractivity contribution in [2.75, 3.05) is 0 Å². The van der Waals surface area contributed by atoms with Crippen molar-refractivity contribution >= 4 is 28.7 Å². The van der Waals surface area contributed by atoms with Crippen molar-refractivity contribution in [3.05, 3.63) is 71.4 Å². The standard InChI is InChI=1S/C23H25N3O4/c1-14-9-10-19-17(11-14)13-20(26(19)3)22(28)24-15(2)21(27)25-18(23(29)30)12-16-7-5-4-6-8-16/h4-11,13,15,18H,12H2,1-3H3,(H,24,28)(H,25,27)(H,29,30). The van der Waals surface area contributed by atoms with Crippen molar-refractivity contribution in [2.24, 2.45) is 7.05 Å². The molecular weight excluding hydrogens is 382 g/mol. The van der Waals surface area contributed by atoms with Crippen molar-refractivity contribution in [1.82, 2.24) is 15.2 Å². The molecule has 0 fully saturated rings. The number of carboxylic acid groups (broad SMARTS) is 1. The lowest BCUT2D eigenvalue weighted by Crippen LogP contribution is -2.51. The van der Waals surface area contributed by atoms with Gasteiger partial charge in [-0.25, -0.2) is 4.79 Å². The Balaban J connectivity index is 1.67. The summed E-state index contributed by atoms with van der Waals surface area (Å²) in [6.45, 7) is 3.51. The molecule has 3 rings (SSSR count). The van der Waals surface area contributed by atoms with Gasteiger partial charge in [0.05, 0.1) is 0 Å². The molecule has 2 unspecified atom stereocenters. The van der Waals surface area contributed by atoms with Crippen molar-refractivity contribution in [3.8, 4) is 0 Å². The second-order valence-electron chi connectivity index (χ2n) is 7.44. The number of nitrogens with zero attached hydrogens (tertiary/aromatic N) is 1. The van der Waals surface area contributed by atoms with E-state index in [1.54, 1.807) is 29.8 Å². The van der Waals surface area contributed by atoms with E-state index in [0.717, 1.165) is 22.0 Å². The van der Waals surface area contributed by atoms with Crippen LogP contribution in [-0.4, -0.2) is 39.5 Å². The molecule has 156 valence electrons. The van der Waals surface area contributed by atoms with Gasteiger partial charge in [0.2, 0.25) is 5.91 Å². The molecule has 0 aliphatic heterocycles. The third-order valence-electron chi connectivity index (χ3n) is 5.07. The molecule has 0 aliphatic carbocycles. The van der Waals surface area contributed by atoms with Crippen molar-refractivity contribution in [3.63, 3.8) is 0 Å². The number of benzene rings is 2. The summed E-state index contributed by atoms with van der Waals surface area (Å²) in [7, 11) is 1.79. The first-order chi connectivity index (χ1) is 14.3. The van der Waals surface area contributed by atoms with Gasteiger partial charge in [0.1, 0.15) is 17.8 Å². The molecule has 7 heteroatoms. The van der Waals surface area contributed by atoms with Crippen molar-refractivity contribution < 1.29 is 19.5 Å². The Bertz CT molecular complexity index is 1090. The van der Waals surface area contributed by atoms with Crippen LogP contribution in [0.4, 0.5) is 0 Å². The van der Waals surface area contributed by atoms with Gasteiger partial charge in [0.15, 0.2) is 0 Å². The summed E-state index contributed by atoms with van der Waals surface area (Å²) in [6, 6.07) is 14.8. The number of aryl methyl sites for hydroxylation is 2. The number of hydrogen-bond donors (Lipinski definition) is 3. The fourth-order valence-electron chi connectivity index (χ4n) is 3.37. The molecule has 0 saturated carbocycles. The molecule has 0 spiro atoms. The van der Waals surface area contributed by atoms with Crippen LogP contribution in [0.1, 0.15) is 28.5 Å². The average molecular weight is 407 g/mol. The first-order valence-electron chi connectivity index (χ1n) is 9.70. The van der Waals surface area contributed by atoms with Gasteiger partial charge in [-0.15, -0.1) is 0 Å². The zero-order valence-electron chi connectivity index (χ0n) is 17.2. The zero-order chi connectivity index (χ0) is 21.8. The van der Waals surface area contributed by atoms with Crippen LogP contribution in [0.25, 0.3) is 10.9 Å². The minimum absolute atomic E-state index is 0.158.